The molecule has 1 aliphatic carbocycles. The smallest absolute Gasteiger partial charge is 0.264 e. The monoisotopic (exact) mass is 406 g/mol. The summed E-state index contributed by atoms with van der Waals surface area (Å²) in [6.07, 6.45) is 6.00. The number of carbonyl (C=O) groups excluding carboxylic acids is 1. The van der Waals surface area contributed by atoms with E-state index in [9.17, 15) is 15.3 Å². The maximum Gasteiger partial charge on any atom is 0.264 e. The van der Waals surface area contributed by atoms with Gasteiger partial charge in [0.15, 0.2) is 0 Å². The van der Waals surface area contributed by atoms with Gasteiger partial charge in [-0.1, -0.05) is 0 Å². The maximum atomic E-state index is 12.6. The number of carbonyl (C=O) groups is 1. The predicted octanol–water partition coefficient (Wildman–Crippen LogP) is 4.68. The highest BCUT2D eigenvalue weighted by atomic mass is 32.1. The van der Waals surface area contributed by atoms with Crippen LogP contribution < -0.4 is 0 Å². The zero-order valence-electron chi connectivity index (χ0n) is 17.5. The van der Waals surface area contributed by atoms with Crippen LogP contribution in [-0.2, 0) is 17.6 Å². The molecular formula is C23H26N4OS. The third-order valence-corrected chi connectivity index (χ3v) is 6.92. The number of fused-ring (bicyclic) bond motifs is 1. The average molecular weight is 407 g/mol. The summed E-state index contributed by atoms with van der Waals surface area (Å²) >= 11 is 1.70. The number of aryl methyl sites for hydroxylation is 2. The van der Waals surface area contributed by atoms with Crippen molar-refractivity contribution >= 4 is 23.3 Å². The second kappa shape index (κ2) is 8.68. The molecule has 2 heterocycles. The summed E-state index contributed by atoms with van der Waals surface area (Å²) in [5, 5.41) is 20.3. The van der Waals surface area contributed by atoms with Gasteiger partial charge in [0.25, 0.3) is 5.91 Å². The highest BCUT2D eigenvalue weighted by Crippen LogP contribution is 2.38. The molecule has 1 amide bonds. The quantitative estimate of drug-likeness (QED) is 0.534. The van der Waals surface area contributed by atoms with E-state index in [0.29, 0.717) is 13.1 Å². The maximum absolute atomic E-state index is 12.6. The van der Waals surface area contributed by atoms with Crippen LogP contribution >= 0.6 is 11.3 Å². The molecule has 3 rings (SSSR count). The van der Waals surface area contributed by atoms with Crippen molar-refractivity contribution in [3.8, 4) is 17.1 Å². The first-order valence-electron chi connectivity index (χ1n) is 10.1. The van der Waals surface area contributed by atoms with Crippen molar-refractivity contribution in [2.75, 3.05) is 13.1 Å². The molecule has 0 aromatic carbocycles. The molecular weight excluding hydrogens is 380 g/mol. The molecule has 5 nitrogen and oxygen atoms in total. The van der Waals surface area contributed by atoms with E-state index in [2.05, 4.69) is 16.7 Å². The Morgan fingerprint density at radius 3 is 2.55 bits per heavy atom. The minimum atomic E-state index is -0.244. The molecule has 0 aliphatic heterocycles. The Kier molecular flexibility index (Phi) is 6.25. The highest BCUT2D eigenvalue weighted by Gasteiger charge is 2.24. The third-order valence-electron chi connectivity index (χ3n) is 5.64. The van der Waals surface area contributed by atoms with E-state index in [-0.39, 0.29) is 11.5 Å². The fourth-order valence-corrected chi connectivity index (χ4v) is 5.50. The minimum absolute atomic E-state index is 0.139. The standard InChI is InChI=1S/C23H26N4OS/c1-5-26(6-2)22(28)18(13-24)12-17-11-15(3)27(16(17)4)23-20(14-25)19-9-7-8-10-21(19)29-23/h11-12H,5-10H2,1-4H3/b18-12-. The van der Waals surface area contributed by atoms with Crippen molar-refractivity contribution in [2.24, 2.45) is 0 Å². The van der Waals surface area contributed by atoms with Gasteiger partial charge in [-0.15, -0.1) is 11.3 Å². The lowest BCUT2D eigenvalue weighted by Crippen LogP contribution is -2.31. The van der Waals surface area contributed by atoms with Gasteiger partial charge < -0.3 is 9.47 Å². The first-order valence-corrected chi connectivity index (χ1v) is 10.9. The Morgan fingerprint density at radius 1 is 1.24 bits per heavy atom. The first-order chi connectivity index (χ1) is 14.0. The minimum Gasteiger partial charge on any atom is -0.339 e. The number of rotatable bonds is 5. The highest BCUT2D eigenvalue weighted by molar-refractivity contribution is 7.15. The number of nitriles is 2. The van der Waals surface area contributed by atoms with Gasteiger partial charge in [-0.2, -0.15) is 10.5 Å². The Balaban J connectivity index is 2.09. The van der Waals surface area contributed by atoms with Crippen LogP contribution in [0.4, 0.5) is 0 Å². The fourth-order valence-electron chi connectivity index (χ4n) is 4.05. The summed E-state index contributed by atoms with van der Waals surface area (Å²) in [5.41, 5.74) is 4.91. The summed E-state index contributed by atoms with van der Waals surface area (Å²) in [6, 6.07) is 6.48. The molecule has 150 valence electrons. The number of amides is 1. The molecule has 0 radical (unpaired) electrons. The molecule has 0 N–H and O–H groups in total. The normalized spacial score (nSPS) is 13.5. The molecule has 0 fully saturated rings. The lowest BCUT2D eigenvalue weighted by Gasteiger charge is -2.17. The zero-order chi connectivity index (χ0) is 21.1. The SMILES string of the molecule is CCN(CC)C(=O)/C(C#N)=C\c1cc(C)n(-c2sc3c(c2C#N)CCCC3)c1C. The summed E-state index contributed by atoms with van der Waals surface area (Å²) in [5.74, 6) is -0.244. The van der Waals surface area contributed by atoms with Gasteiger partial charge in [-0.05, 0) is 76.6 Å². The Morgan fingerprint density at radius 2 is 1.93 bits per heavy atom. The van der Waals surface area contributed by atoms with Crippen LogP contribution in [0.25, 0.3) is 11.1 Å². The number of nitrogens with zero attached hydrogens (tertiary/aromatic N) is 4. The molecule has 0 saturated heterocycles. The topological polar surface area (TPSA) is 72.8 Å². The number of aromatic nitrogens is 1. The van der Waals surface area contributed by atoms with Gasteiger partial charge in [-0.3, -0.25) is 4.79 Å². The Bertz CT molecular complexity index is 1050. The van der Waals surface area contributed by atoms with E-state index in [1.165, 1.54) is 16.9 Å². The van der Waals surface area contributed by atoms with Crippen LogP contribution in [0.2, 0.25) is 0 Å². The van der Waals surface area contributed by atoms with Gasteiger partial charge in [0.2, 0.25) is 0 Å². The molecule has 2 aromatic heterocycles. The van der Waals surface area contributed by atoms with Gasteiger partial charge in [0, 0.05) is 29.4 Å². The Labute approximate surface area is 176 Å². The lowest BCUT2D eigenvalue weighted by atomic mass is 9.96. The van der Waals surface area contributed by atoms with Crippen molar-refractivity contribution in [1.29, 1.82) is 10.5 Å². The molecule has 1 aliphatic rings. The van der Waals surface area contributed by atoms with Gasteiger partial charge in [0.1, 0.15) is 22.7 Å². The summed E-state index contributed by atoms with van der Waals surface area (Å²) in [6.45, 7) is 8.94. The van der Waals surface area contributed by atoms with Gasteiger partial charge >= 0.3 is 0 Å². The number of hydrogen-bond donors (Lipinski definition) is 0. The molecule has 29 heavy (non-hydrogen) atoms. The van der Waals surface area contributed by atoms with Crippen molar-refractivity contribution in [3.63, 3.8) is 0 Å². The van der Waals surface area contributed by atoms with E-state index in [4.69, 9.17) is 0 Å². The molecule has 0 saturated carbocycles. The van der Waals surface area contributed by atoms with Crippen molar-refractivity contribution in [1.82, 2.24) is 9.47 Å². The molecule has 0 unspecified atom stereocenters. The van der Waals surface area contributed by atoms with E-state index in [1.54, 1.807) is 22.3 Å². The van der Waals surface area contributed by atoms with Crippen LogP contribution in [0.3, 0.4) is 0 Å². The predicted molar refractivity (Wildman–Crippen MR) is 116 cm³/mol. The summed E-state index contributed by atoms with van der Waals surface area (Å²) in [7, 11) is 0. The largest absolute Gasteiger partial charge is 0.339 e. The van der Waals surface area contributed by atoms with E-state index in [0.717, 1.165) is 46.8 Å². The van der Waals surface area contributed by atoms with Crippen LogP contribution in [0.15, 0.2) is 11.6 Å². The molecule has 0 bridgehead atoms. The molecule has 6 heteroatoms. The number of hydrogen-bond acceptors (Lipinski definition) is 4. The number of thiophene rings is 1. The Hall–Kier alpha value is -2.83. The van der Waals surface area contributed by atoms with Crippen LogP contribution in [0, 0.1) is 36.5 Å². The van der Waals surface area contributed by atoms with Crippen LogP contribution in [0.5, 0.6) is 0 Å². The second-order valence-electron chi connectivity index (χ2n) is 7.31. The van der Waals surface area contributed by atoms with Crippen LogP contribution in [-0.4, -0.2) is 28.5 Å². The molecule has 2 aromatic rings. The van der Waals surface area contributed by atoms with Crippen molar-refractivity contribution in [2.45, 2.75) is 53.4 Å². The van der Waals surface area contributed by atoms with E-state index >= 15 is 0 Å². The fraction of sp³-hybridized carbons (Fsp3) is 0.435. The van der Waals surface area contributed by atoms with E-state index in [1.807, 2.05) is 33.8 Å². The second-order valence-corrected chi connectivity index (χ2v) is 8.40. The molecule has 0 atom stereocenters. The first kappa shape index (κ1) is 20.9. The molecule has 0 spiro atoms. The lowest BCUT2D eigenvalue weighted by molar-refractivity contribution is -0.126. The van der Waals surface area contributed by atoms with Crippen LogP contribution in [0.1, 0.15) is 59.6 Å². The summed E-state index contributed by atoms with van der Waals surface area (Å²) < 4.78 is 2.10. The number of likely N-dealkylation sites (N-methyl/N-ethyl adjacent to an activating group) is 1. The average Bonchev–Trinajstić information content (AvgIpc) is 3.22. The zero-order valence-corrected chi connectivity index (χ0v) is 18.3. The van der Waals surface area contributed by atoms with Crippen molar-refractivity contribution in [3.05, 3.63) is 44.6 Å². The summed E-state index contributed by atoms with van der Waals surface area (Å²) in [4.78, 5) is 15.6. The van der Waals surface area contributed by atoms with Gasteiger partial charge in [0.05, 0.1) is 5.56 Å². The van der Waals surface area contributed by atoms with E-state index < -0.39 is 0 Å². The van der Waals surface area contributed by atoms with Gasteiger partial charge in [-0.25, -0.2) is 0 Å². The van der Waals surface area contributed by atoms with Crippen molar-refractivity contribution < 1.29 is 4.79 Å². The third kappa shape index (κ3) is 3.73.